The summed E-state index contributed by atoms with van der Waals surface area (Å²) in [5.74, 6) is -1.05. The number of carbonyl (C=O) groups is 1. The second-order valence-corrected chi connectivity index (χ2v) is 3.98. The van der Waals surface area contributed by atoms with E-state index in [-0.39, 0.29) is 12.4 Å². The SMILES string of the molecule is Cn1nc(C(=O)O)cc1-c1ccc(CCF)cc1. The molecule has 5 heteroatoms. The van der Waals surface area contributed by atoms with Crippen LogP contribution in [0.1, 0.15) is 16.1 Å². The van der Waals surface area contributed by atoms with E-state index in [0.29, 0.717) is 6.42 Å². The van der Waals surface area contributed by atoms with E-state index in [1.165, 1.54) is 10.7 Å². The van der Waals surface area contributed by atoms with E-state index in [9.17, 15) is 9.18 Å². The first kappa shape index (κ1) is 12.3. The largest absolute Gasteiger partial charge is 0.476 e. The molecule has 0 fully saturated rings. The summed E-state index contributed by atoms with van der Waals surface area (Å²) < 4.78 is 13.7. The van der Waals surface area contributed by atoms with Crippen LogP contribution in [-0.4, -0.2) is 27.5 Å². The minimum atomic E-state index is -1.05. The van der Waals surface area contributed by atoms with Gasteiger partial charge in [-0.25, -0.2) is 4.79 Å². The summed E-state index contributed by atoms with van der Waals surface area (Å²) in [5.41, 5.74) is 2.52. The zero-order chi connectivity index (χ0) is 13.1. The third-order valence-electron chi connectivity index (χ3n) is 2.73. The molecule has 0 saturated carbocycles. The van der Waals surface area contributed by atoms with Gasteiger partial charge in [0.25, 0.3) is 0 Å². The number of halogens is 1. The second-order valence-electron chi connectivity index (χ2n) is 3.98. The van der Waals surface area contributed by atoms with E-state index in [0.717, 1.165) is 16.8 Å². The molecule has 0 aliphatic carbocycles. The van der Waals surface area contributed by atoms with Crippen molar-refractivity contribution in [2.75, 3.05) is 6.67 Å². The minimum absolute atomic E-state index is 0.0142. The maximum Gasteiger partial charge on any atom is 0.356 e. The molecule has 0 amide bonds. The summed E-state index contributed by atoms with van der Waals surface area (Å²) >= 11 is 0. The highest BCUT2D eigenvalue weighted by Gasteiger charge is 2.12. The zero-order valence-corrected chi connectivity index (χ0v) is 9.93. The molecule has 18 heavy (non-hydrogen) atoms. The van der Waals surface area contributed by atoms with Crippen LogP contribution in [0, 0.1) is 0 Å². The molecule has 1 N–H and O–H groups in total. The van der Waals surface area contributed by atoms with Gasteiger partial charge in [-0.15, -0.1) is 0 Å². The molecule has 2 rings (SSSR count). The van der Waals surface area contributed by atoms with Gasteiger partial charge in [0.05, 0.1) is 12.4 Å². The molecular weight excluding hydrogens is 235 g/mol. The molecule has 0 spiro atoms. The highest BCUT2D eigenvalue weighted by Crippen LogP contribution is 2.20. The van der Waals surface area contributed by atoms with Crippen LogP contribution in [0.15, 0.2) is 30.3 Å². The highest BCUT2D eigenvalue weighted by molar-refractivity contribution is 5.87. The standard InChI is InChI=1S/C13H13FN2O2/c1-16-12(8-11(15-16)13(17)18)10-4-2-9(3-5-10)6-7-14/h2-5,8H,6-7H2,1H3,(H,17,18). The van der Waals surface area contributed by atoms with Crippen molar-refractivity contribution in [3.05, 3.63) is 41.6 Å². The first-order valence-corrected chi connectivity index (χ1v) is 5.54. The number of aromatic carboxylic acids is 1. The first-order chi connectivity index (χ1) is 8.61. The maximum atomic E-state index is 12.2. The summed E-state index contributed by atoms with van der Waals surface area (Å²) in [7, 11) is 1.69. The summed E-state index contributed by atoms with van der Waals surface area (Å²) in [6, 6.07) is 8.87. The lowest BCUT2D eigenvalue weighted by molar-refractivity contribution is 0.0689. The molecule has 1 aromatic carbocycles. The number of alkyl halides is 1. The number of hydrogen-bond acceptors (Lipinski definition) is 2. The lowest BCUT2D eigenvalue weighted by Gasteiger charge is -2.03. The summed E-state index contributed by atoms with van der Waals surface area (Å²) in [6.45, 7) is -0.381. The number of carboxylic acid groups (broad SMARTS) is 1. The van der Waals surface area contributed by atoms with Crippen LogP contribution in [0.2, 0.25) is 0 Å². The van der Waals surface area contributed by atoms with Crippen LogP contribution in [-0.2, 0) is 13.5 Å². The Kier molecular flexibility index (Phi) is 3.41. The normalized spacial score (nSPS) is 10.6. The van der Waals surface area contributed by atoms with Gasteiger partial charge in [-0.3, -0.25) is 9.07 Å². The topological polar surface area (TPSA) is 55.1 Å². The van der Waals surface area contributed by atoms with Crippen molar-refractivity contribution in [3.63, 3.8) is 0 Å². The van der Waals surface area contributed by atoms with Gasteiger partial charge in [0.2, 0.25) is 0 Å². The van der Waals surface area contributed by atoms with Crippen molar-refractivity contribution in [2.45, 2.75) is 6.42 Å². The van der Waals surface area contributed by atoms with Crippen LogP contribution < -0.4 is 0 Å². The van der Waals surface area contributed by atoms with E-state index >= 15 is 0 Å². The molecular formula is C13H13FN2O2. The fourth-order valence-corrected chi connectivity index (χ4v) is 1.79. The lowest BCUT2D eigenvalue weighted by Crippen LogP contribution is -1.99. The summed E-state index contributed by atoms with van der Waals surface area (Å²) in [6.07, 6.45) is 0.395. The number of hydrogen-bond donors (Lipinski definition) is 1. The minimum Gasteiger partial charge on any atom is -0.476 e. The predicted octanol–water partition coefficient (Wildman–Crippen LogP) is 2.30. The van der Waals surface area contributed by atoms with Gasteiger partial charge in [-0.2, -0.15) is 5.10 Å². The molecule has 0 atom stereocenters. The lowest BCUT2D eigenvalue weighted by atomic mass is 10.1. The van der Waals surface area contributed by atoms with Crippen molar-refractivity contribution in [3.8, 4) is 11.3 Å². The van der Waals surface area contributed by atoms with Gasteiger partial charge in [-0.1, -0.05) is 24.3 Å². The molecule has 94 valence electrons. The maximum absolute atomic E-state index is 12.2. The quantitative estimate of drug-likeness (QED) is 0.903. The third-order valence-corrected chi connectivity index (χ3v) is 2.73. The van der Waals surface area contributed by atoms with Gasteiger partial charge in [0.1, 0.15) is 0 Å². The van der Waals surface area contributed by atoms with E-state index in [4.69, 9.17) is 5.11 Å². The van der Waals surface area contributed by atoms with Crippen LogP contribution >= 0.6 is 0 Å². The number of aryl methyl sites for hydroxylation is 2. The Hall–Kier alpha value is -2.17. The Morgan fingerprint density at radius 3 is 2.56 bits per heavy atom. The fourth-order valence-electron chi connectivity index (χ4n) is 1.79. The molecule has 0 unspecified atom stereocenters. The molecule has 0 saturated heterocycles. The molecule has 1 heterocycles. The monoisotopic (exact) mass is 248 g/mol. The molecule has 0 aliphatic rings. The van der Waals surface area contributed by atoms with Crippen LogP contribution in [0.5, 0.6) is 0 Å². The number of nitrogens with zero attached hydrogens (tertiary/aromatic N) is 2. The molecule has 2 aromatic rings. The Labute approximate surface area is 104 Å². The fraction of sp³-hybridized carbons (Fsp3) is 0.231. The van der Waals surface area contributed by atoms with Crippen molar-refractivity contribution in [1.29, 1.82) is 0 Å². The van der Waals surface area contributed by atoms with Gasteiger partial charge in [0, 0.05) is 13.5 Å². The van der Waals surface area contributed by atoms with Crippen LogP contribution in [0.4, 0.5) is 4.39 Å². The Balaban J connectivity index is 2.33. The van der Waals surface area contributed by atoms with Crippen molar-refractivity contribution >= 4 is 5.97 Å². The number of rotatable bonds is 4. The van der Waals surface area contributed by atoms with E-state index < -0.39 is 5.97 Å². The third kappa shape index (κ3) is 2.40. The molecule has 4 nitrogen and oxygen atoms in total. The summed E-state index contributed by atoms with van der Waals surface area (Å²) in [5, 5.41) is 12.8. The number of benzene rings is 1. The van der Waals surface area contributed by atoms with Crippen LogP contribution in [0.25, 0.3) is 11.3 Å². The molecule has 1 aromatic heterocycles. The van der Waals surface area contributed by atoms with Gasteiger partial charge >= 0.3 is 5.97 Å². The first-order valence-electron chi connectivity index (χ1n) is 5.54. The zero-order valence-electron chi connectivity index (χ0n) is 9.93. The highest BCUT2D eigenvalue weighted by atomic mass is 19.1. The molecule has 0 aliphatic heterocycles. The van der Waals surface area contributed by atoms with E-state index in [2.05, 4.69) is 5.10 Å². The smallest absolute Gasteiger partial charge is 0.356 e. The number of aromatic nitrogens is 2. The van der Waals surface area contributed by atoms with Crippen molar-refractivity contribution in [2.24, 2.45) is 7.05 Å². The van der Waals surface area contributed by atoms with Crippen molar-refractivity contribution < 1.29 is 14.3 Å². The average Bonchev–Trinajstić information content (AvgIpc) is 2.73. The average molecular weight is 248 g/mol. The van der Waals surface area contributed by atoms with E-state index in [1.807, 2.05) is 24.3 Å². The molecule has 0 bridgehead atoms. The van der Waals surface area contributed by atoms with E-state index in [1.54, 1.807) is 7.05 Å². The van der Waals surface area contributed by atoms with Crippen LogP contribution in [0.3, 0.4) is 0 Å². The van der Waals surface area contributed by atoms with Gasteiger partial charge in [0.15, 0.2) is 5.69 Å². The number of carboxylic acids is 1. The predicted molar refractivity (Wildman–Crippen MR) is 65.3 cm³/mol. The Bertz CT molecular complexity index is 561. The Morgan fingerprint density at radius 2 is 2.06 bits per heavy atom. The van der Waals surface area contributed by atoms with Gasteiger partial charge in [-0.05, 0) is 17.2 Å². The Morgan fingerprint density at radius 1 is 1.39 bits per heavy atom. The second kappa shape index (κ2) is 5.00. The molecule has 0 radical (unpaired) electrons. The summed E-state index contributed by atoms with van der Waals surface area (Å²) in [4.78, 5) is 10.8. The van der Waals surface area contributed by atoms with Gasteiger partial charge < -0.3 is 5.11 Å². The van der Waals surface area contributed by atoms with Crippen molar-refractivity contribution in [1.82, 2.24) is 9.78 Å².